The SMILES string of the molecule is C[C@H](CN)NC(=O)c1cccc(C(F)(F)F)c1. The molecule has 3 nitrogen and oxygen atoms in total. The smallest absolute Gasteiger partial charge is 0.348 e. The second kappa shape index (κ2) is 5.18. The lowest BCUT2D eigenvalue weighted by Gasteiger charge is -2.12. The number of hydrogen-bond acceptors (Lipinski definition) is 2. The predicted molar refractivity (Wildman–Crippen MR) is 57.4 cm³/mol. The van der Waals surface area contributed by atoms with Gasteiger partial charge in [-0.2, -0.15) is 13.2 Å². The van der Waals surface area contributed by atoms with E-state index in [1.165, 1.54) is 12.1 Å². The molecule has 0 aliphatic carbocycles. The van der Waals surface area contributed by atoms with E-state index in [9.17, 15) is 18.0 Å². The minimum Gasteiger partial charge on any atom is -0.348 e. The number of benzene rings is 1. The largest absolute Gasteiger partial charge is 0.416 e. The monoisotopic (exact) mass is 246 g/mol. The summed E-state index contributed by atoms with van der Waals surface area (Å²) in [7, 11) is 0. The first-order chi connectivity index (χ1) is 7.84. The zero-order chi connectivity index (χ0) is 13.1. The molecule has 0 unspecified atom stereocenters. The second-order valence-electron chi connectivity index (χ2n) is 3.69. The van der Waals surface area contributed by atoms with Gasteiger partial charge in [0.15, 0.2) is 0 Å². The molecule has 0 bridgehead atoms. The molecule has 0 aromatic heterocycles. The summed E-state index contributed by atoms with van der Waals surface area (Å²) in [6.45, 7) is 1.90. The van der Waals surface area contributed by atoms with Gasteiger partial charge in [-0.15, -0.1) is 0 Å². The summed E-state index contributed by atoms with van der Waals surface area (Å²) in [5.74, 6) is -0.561. The number of halogens is 3. The molecule has 1 rings (SSSR count). The van der Waals surface area contributed by atoms with Crippen LogP contribution in [0.2, 0.25) is 0 Å². The van der Waals surface area contributed by atoms with Crippen LogP contribution in [-0.2, 0) is 6.18 Å². The summed E-state index contributed by atoms with van der Waals surface area (Å²) in [5.41, 5.74) is 4.43. The summed E-state index contributed by atoms with van der Waals surface area (Å²) in [6.07, 6.45) is -4.45. The molecular weight excluding hydrogens is 233 g/mol. The number of carbonyl (C=O) groups is 1. The van der Waals surface area contributed by atoms with Crippen molar-refractivity contribution >= 4 is 5.91 Å². The third-order valence-electron chi connectivity index (χ3n) is 2.18. The van der Waals surface area contributed by atoms with Crippen molar-refractivity contribution in [2.45, 2.75) is 19.1 Å². The Morgan fingerprint density at radius 3 is 2.65 bits per heavy atom. The number of amides is 1. The fraction of sp³-hybridized carbons (Fsp3) is 0.364. The van der Waals surface area contributed by atoms with Gasteiger partial charge in [0, 0.05) is 18.2 Å². The Balaban J connectivity index is 2.89. The standard InChI is InChI=1S/C11H13F3N2O/c1-7(6-15)16-10(17)8-3-2-4-9(5-8)11(12,13)14/h2-5,7H,6,15H2,1H3,(H,16,17)/t7-/m1/s1. The van der Waals surface area contributed by atoms with Crippen LogP contribution in [0.4, 0.5) is 13.2 Å². The number of nitrogens with one attached hydrogen (secondary N) is 1. The molecule has 1 aromatic rings. The topological polar surface area (TPSA) is 55.1 Å². The van der Waals surface area contributed by atoms with E-state index in [1.807, 2.05) is 0 Å². The maximum atomic E-state index is 12.4. The molecule has 94 valence electrons. The first-order valence-corrected chi connectivity index (χ1v) is 5.02. The van der Waals surface area contributed by atoms with Gasteiger partial charge < -0.3 is 11.1 Å². The molecule has 0 spiro atoms. The maximum Gasteiger partial charge on any atom is 0.416 e. The summed E-state index contributed by atoms with van der Waals surface area (Å²) >= 11 is 0. The zero-order valence-corrected chi connectivity index (χ0v) is 9.21. The van der Waals surface area contributed by atoms with Crippen molar-refractivity contribution in [3.8, 4) is 0 Å². The Morgan fingerprint density at radius 2 is 2.12 bits per heavy atom. The first kappa shape index (κ1) is 13.5. The van der Waals surface area contributed by atoms with E-state index >= 15 is 0 Å². The molecule has 6 heteroatoms. The van der Waals surface area contributed by atoms with Gasteiger partial charge in [-0.05, 0) is 25.1 Å². The van der Waals surface area contributed by atoms with Crippen LogP contribution >= 0.6 is 0 Å². The average Bonchev–Trinajstić information content (AvgIpc) is 2.28. The average molecular weight is 246 g/mol. The quantitative estimate of drug-likeness (QED) is 0.854. The van der Waals surface area contributed by atoms with E-state index in [-0.39, 0.29) is 18.2 Å². The number of rotatable bonds is 3. The highest BCUT2D eigenvalue weighted by Crippen LogP contribution is 2.29. The van der Waals surface area contributed by atoms with Crippen molar-refractivity contribution in [1.29, 1.82) is 0 Å². The van der Waals surface area contributed by atoms with E-state index in [0.717, 1.165) is 12.1 Å². The third kappa shape index (κ3) is 3.74. The van der Waals surface area contributed by atoms with Gasteiger partial charge >= 0.3 is 6.18 Å². The molecule has 1 atom stereocenters. The molecule has 17 heavy (non-hydrogen) atoms. The fourth-order valence-corrected chi connectivity index (χ4v) is 1.20. The number of nitrogens with two attached hydrogens (primary N) is 1. The molecule has 3 N–H and O–H groups in total. The highest BCUT2D eigenvalue weighted by molar-refractivity contribution is 5.94. The first-order valence-electron chi connectivity index (χ1n) is 5.02. The van der Waals surface area contributed by atoms with E-state index < -0.39 is 17.6 Å². The Labute approximate surface area is 96.8 Å². The van der Waals surface area contributed by atoms with Crippen LogP contribution in [0.25, 0.3) is 0 Å². The molecule has 0 saturated carbocycles. The lowest BCUT2D eigenvalue weighted by Crippen LogP contribution is -2.37. The van der Waals surface area contributed by atoms with E-state index in [0.29, 0.717) is 0 Å². The van der Waals surface area contributed by atoms with Gasteiger partial charge in [0.05, 0.1) is 5.56 Å². The van der Waals surface area contributed by atoms with E-state index in [1.54, 1.807) is 6.92 Å². The van der Waals surface area contributed by atoms with E-state index in [2.05, 4.69) is 5.32 Å². The lowest BCUT2D eigenvalue weighted by molar-refractivity contribution is -0.137. The molecular formula is C11H13F3N2O. The molecule has 0 saturated heterocycles. The van der Waals surface area contributed by atoms with Gasteiger partial charge in [-0.3, -0.25) is 4.79 Å². The number of hydrogen-bond donors (Lipinski definition) is 2. The molecule has 0 radical (unpaired) electrons. The van der Waals surface area contributed by atoms with Gasteiger partial charge in [0.1, 0.15) is 0 Å². The molecule has 1 amide bonds. The van der Waals surface area contributed by atoms with Crippen LogP contribution in [0.5, 0.6) is 0 Å². The maximum absolute atomic E-state index is 12.4. The Hall–Kier alpha value is -1.56. The third-order valence-corrected chi connectivity index (χ3v) is 2.18. The van der Waals surface area contributed by atoms with Crippen LogP contribution in [0.15, 0.2) is 24.3 Å². The fourth-order valence-electron chi connectivity index (χ4n) is 1.20. The Bertz CT molecular complexity index is 404. The minimum absolute atomic E-state index is 0.0277. The van der Waals surface area contributed by atoms with Gasteiger partial charge in [0.25, 0.3) is 5.91 Å². The van der Waals surface area contributed by atoms with Gasteiger partial charge in [0.2, 0.25) is 0 Å². The summed E-state index contributed by atoms with van der Waals surface area (Å²) in [5, 5.41) is 2.49. The Morgan fingerprint density at radius 1 is 1.47 bits per heavy atom. The highest BCUT2D eigenvalue weighted by Gasteiger charge is 2.30. The van der Waals surface area contributed by atoms with Crippen molar-refractivity contribution in [3.05, 3.63) is 35.4 Å². The van der Waals surface area contributed by atoms with Crippen LogP contribution in [0, 0.1) is 0 Å². The summed E-state index contributed by atoms with van der Waals surface area (Å²) in [6, 6.07) is 3.98. The van der Waals surface area contributed by atoms with Crippen molar-refractivity contribution in [1.82, 2.24) is 5.32 Å². The van der Waals surface area contributed by atoms with E-state index in [4.69, 9.17) is 5.73 Å². The van der Waals surface area contributed by atoms with Crippen molar-refractivity contribution in [2.75, 3.05) is 6.54 Å². The zero-order valence-electron chi connectivity index (χ0n) is 9.21. The predicted octanol–water partition coefficient (Wildman–Crippen LogP) is 1.78. The summed E-state index contributed by atoms with van der Waals surface area (Å²) < 4.78 is 37.2. The number of carbonyl (C=O) groups excluding carboxylic acids is 1. The summed E-state index contributed by atoms with van der Waals surface area (Å²) in [4.78, 5) is 11.6. The lowest BCUT2D eigenvalue weighted by atomic mass is 10.1. The molecule has 0 aliphatic heterocycles. The normalized spacial score (nSPS) is 13.2. The molecule has 1 aromatic carbocycles. The second-order valence-corrected chi connectivity index (χ2v) is 3.69. The van der Waals surface area contributed by atoms with Crippen molar-refractivity contribution in [3.63, 3.8) is 0 Å². The number of alkyl halides is 3. The molecule has 0 aliphatic rings. The van der Waals surface area contributed by atoms with Gasteiger partial charge in [-0.1, -0.05) is 6.07 Å². The molecule has 0 heterocycles. The van der Waals surface area contributed by atoms with Crippen molar-refractivity contribution in [2.24, 2.45) is 5.73 Å². The Kier molecular flexibility index (Phi) is 4.11. The molecule has 0 fully saturated rings. The minimum atomic E-state index is -4.45. The highest BCUT2D eigenvalue weighted by atomic mass is 19.4. The van der Waals surface area contributed by atoms with Crippen LogP contribution in [-0.4, -0.2) is 18.5 Å². The van der Waals surface area contributed by atoms with Crippen LogP contribution < -0.4 is 11.1 Å². The van der Waals surface area contributed by atoms with Crippen LogP contribution in [0.3, 0.4) is 0 Å². The van der Waals surface area contributed by atoms with Crippen LogP contribution in [0.1, 0.15) is 22.8 Å². The van der Waals surface area contributed by atoms with Crippen molar-refractivity contribution < 1.29 is 18.0 Å². The van der Waals surface area contributed by atoms with Gasteiger partial charge in [-0.25, -0.2) is 0 Å².